The number of carbonyl (C=O) groups is 1. The molecule has 0 saturated carbocycles. The average molecular weight is 319 g/mol. The molecule has 1 saturated heterocycles. The van der Waals surface area contributed by atoms with Gasteiger partial charge in [0.1, 0.15) is 5.75 Å². The molecule has 1 heterocycles. The van der Waals surface area contributed by atoms with Crippen LogP contribution in [0, 0.1) is 0 Å². The van der Waals surface area contributed by atoms with Gasteiger partial charge in [0, 0.05) is 11.1 Å². The van der Waals surface area contributed by atoms with Gasteiger partial charge in [-0.15, -0.1) is 0 Å². The number of hydrogen-bond acceptors (Lipinski definition) is 3. The summed E-state index contributed by atoms with van der Waals surface area (Å²) < 4.78 is 0. The quantitative estimate of drug-likeness (QED) is 0.765. The number of amides is 1. The first-order chi connectivity index (χ1) is 10.00. The summed E-state index contributed by atoms with van der Waals surface area (Å²) in [4.78, 5) is 12.5. The highest BCUT2D eigenvalue weighted by Crippen LogP contribution is 2.40. The Hall–Kier alpha value is -1.42. The highest BCUT2D eigenvalue weighted by molar-refractivity contribution is 8.04. The summed E-state index contributed by atoms with van der Waals surface area (Å²) in [6.45, 7) is 12.5. The molecule has 0 bridgehead atoms. The molecule has 1 aromatic carbocycles. The zero-order chi connectivity index (χ0) is 16.7. The summed E-state index contributed by atoms with van der Waals surface area (Å²) in [5.41, 5.74) is 2.46. The Bertz CT molecular complexity index is 598. The van der Waals surface area contributed by atoms with E-state index in [1.54, 1.807) is 0 Å². The van der Waals surface area contributed by atoms with Crippen LogP contribution in [0.5, 0.6) is 5.75 Å². The first-order valence-corrected chi connectivity index (χ1v) is 8.49. The highest BCUT2D eigenvalue weighted by Gasteiger charge is 2.26. The molecule has 3 nitrogen and oxygen atoms in total. The number of hydrogen-bond donors (Lipinski definition) is 2. The summed E-state index contributed by atoms with van der Waals surface area (Å²) in [5.74, 6) is 0.972. The van der Waals surface area contributed by atoms with Crippen LogP contribution in [0.15, 0.2) is 17.0 Å². The largest absolute Gasteiger partial charge is 0.507 e. The number of aromatic hydroxyl groups is 1. The fourth-order valence-electron chi connectivity index (χ4n) is 2.47. The van der Waals surface area contributed by atoms with Gasteiger partial charge in [-0.3, -0.25) is 4.79 Å². The van der Waals surface area contributed by atoms with Crippen LogP contribution in [0.1, 0.15) is 58.2 Å². The fourth-order valence-corrected chi connectivity index (χ4v) is 3.26. The molecule has 0 unspecified atom stereocenters. The van der Waals surface area contributed by atoms with E-state index in [-0.39, 0.29) is 16.7 Å². The lowest BCUT2D eigenvalue weighted by Crippen LogP contribution is -2.17. The second-order valence-corrected chi connectivity index (χ2v) is 8.78. The summed E-state index contributed by atoms with van der Waals surface area (Å²) >= 11 is 1.51. The zero-order valence-electron chi connectivity index (χ0n) is 14.2. The van der Waals surface area contributed by atoms with Crippen molar-refractivity contribution < 1.29 is 9.90 Å². The smallest absolute Gasteiger partial charge is 0.258 e. The van der Waals surface area contributed by atoms with E-state index >= 15 is 0 Å². The van der Waals surface area contributed by atoms with E-state index in [9.17, 15) is 9.90 Å². The number of carbonyl (C=O) groups excluding carboxylic acids is 1. The first kappa shape index (κ1) is 16.9. The van der Waals surface area contributed by atoms with Gasteiger partial charge in [0.05, 0.1) is 10.8 Å². The number of benzene rings is 1. The molecule has 22 heavy (non-hydrogen) atoms. The van der Waals surface area contributed by atoms with Crippen LogP contribution >= 0.6 is 11.8 Å². The van der Waals surface area contributed by atoms with Crippen LogP contribution in [0.3, 0.4) is 0 Å². The second-order valence-electron chi connectivity index (χ2n) is 7.77. The van der Waals surface area contributed by atoms with Crippen molar-refractivity contribution in [3.63, 3.8) is 0 Å². The molecule has 1 aromatic rings. The third-order valence-electron chi connectivity index (χ3n) is 3.73. The molecule has 0 aliphatic carbocycles. The molecule has 1 aliphatic rings. The van der Waals surface area contributed by atoms with Gasteiger partial charge in [0.2, 0.25) is 0 Å². The van der Waals surface area contributed by atoms with Crippen LogP contribution < -0.4 is 5.32 Å². The van der Waals surface area contributed by atoms with Crippen molar-refractivity contribution in [2.24, 2.45) is 0 Å². The average Bonchev–Trinajstić information content (AvgIpc) is 2.74. The lowest BCUT2D eigenvalue weighted by molar-refractivity contribution is -0.116. The Kier molecular flexibility index (Phi) is 4.35. The highest BCUT2D eigenvalue weighted by atomic mass is 32.2. The third-order valence-corrected chi connectivity index (χ3v) is 4.63. The summed E-state index contributed by atoms with van der Waals surface area (Å²) in [6, 6.07) is 3.98. The molecule has 120 valence electrons. The van der Waals surface area contributed by atoms with Crippen molar-refractivity contribution >= 4 is 23.7 Å². The number of nitrogens with one attached hydrogen (secondary N) is 1. The van der Waals surface area contributed by atoms with Gasteiger partial charge < -0.3 is 10.4 Å². The lowest BCUT2D eigenvalue weighted by atomic mass is 9.78. The van der Waals surface area contributed by atoms with Crippen LogP contribution in [-0.2, 0) is 15.6 Å². The van der Waals surface area contributed by atoms with Crippen molar-refractivity contribution in [1.29, 1.82) is 0 Å². The number of phenols is 1. The molecule has 4 heteroatoms. The standard InChI is InChI=1S/C18H25NO2S/c1-17(2,3)12-7-11(9-14-16(21)19-10-22-14)8-13(15(12)20)18(4,5)6/h7-9,20H,10H2,1-6H3,(H,19,21)/b14-9-. The molecule has 1 fully saturated rings. The van der Waals surface area contributed by atoms with Crippen LogP contribution in [0.25, 0.3) is 6.08 Å². The summed E-state index contributed by atoms with van der Waals surface area (Å²) in [6.07, 6.45) is 1.91. The van der Waals surface area contributed by atoms with Gasteiger partial charge in [-0.05, 0) is 34.6 Å². The summed E-state index contributed by atoms with van der Waals surface area (Å²) in [5, 5.41) is 13.5. The molecule has 2 rings (SSSR count). The Labute approximate surface area is 137 Å². The summed E-state index contributed by atoms with van der Waals surface area (Å²) in [7, 11) is 0. The lowest BCUT2D eigenvalue weighted by Gasteiger charge is -2.28. The van der Waals surface area contributed by atoms with E-state index in [2.05, 4.69) is 46.9 Å². The molecule has 1 aliphatic heterocycles. The van der Waals surface area contributed by atoms with E-state index in [1.807, 2.05) is 18.2 Å². The minimum atomic E-state index is -0.163. The van der Waals surface area contributed by atoms with Gasteiger partial charge >= 0.3 is 0 Å². The minimum Gasteiger partial charge on any atom is -0.507 e. The van der Waals surface area contributed by atoms with Crippen LogP contribution in [0.4, 0.5) is 0 Å². The topological polar surface area (TPSA) is 49.3 Å². The fraction of sp³-hybridized carbons (Fsp3) is 0.500. The molecule has 0 radical (unpaired) electrons. The van der Waals surface area contributed by atoms with Crippen molar-refractivity contribution in [1.82, 2.24) is 5.32 Å². The zero-order valence-corrected chi connectivity index (χ0v) is 15.0. The SMILES string of the molecule is CC(C)(C)c1cc(/C=C2\SCNC2=O)cc(C(C)(C)C)c1O. The van der Waals surface area contributed by atoms with Gasteiger partial charge in [0.25, 0.3) is 5.91 Å². The Balaban J connectivity index is 2.63. The Morgan fingerprint density at radius 1 is 1.09 bits per heavy atom. The maximum absolute atomic E-state index is 11.8. The second kappa shape index (κ2) is 5.65. The van der Waals surface area contributed by atoms with Crippen LogP contribution in [-0.4, -0.2) is 16.9 Å². The molecule has 1 amide bonds. The normalized spacial score (nSPS) is 17.9. The molecule has 0 aromatic heterocycles. The van der Waals surface area contributed by atoms with Crippen molar-refractivity contribution in [3.8, 4) is 5.75 Å². The van der Waals surface area contributed by atoms with E-state index in [0.29, 0.717) is 11.6 Å². The predicted molar refractivity (Wildman–Crippen MR) is 94.1 cm³/mol. The van der Waals surface area contributed by atoms with Crippen LogP contribution in [0.2, 0.25) is 0 Å². The Morgan fingerprint density at radius 2 is 1.59 bits per heavy atom. The number of rotatable bonds is 1. The molecule has 0 spiro atoms. The van der Waals surface area contributed by atoms with Gasteiger partial charge in [-0.25, -0.2) is 0 Å². The van der Waals surface area contributed by atoms with Crippen molar-refractivity contribution in [2.45, 2.75) is 52.4 Å². The molecular weight excluding hydrogens is 294 g/mol. The van der Waals surface area contributed by atoms with E-state index < -0.39 is 0 Å². The van der Waals surface area contributed by atoms with E-state index in [0.717, 1.165) is 21.6 Å². The Morgan fingerprint density at radius 3 is 1.95 bits per heavy atom. The van der Waals surface area contributed by atoms with Crippen molar-refractivity contribution in [2.75, 3.05) is 5.88 Å². The minimum absolute atomic E-state index is 0.0207. The van der Waals surface area contributed by atoms with Gasteiger partial charge in [0.15, 0.2) is 0 Å². The van der Waals surface area contributed by atoms with Crippen molar-refractivity contribution in [3.05, 3.63) is 33.7 Å². The van der Waals surface area contributed by atoms with E-state index in [4.69, 9.17) is 0 Å². The number of thioether (sulfide) groups is 1. The maximum atomic E-state index is 11.8. The predicted octanol–water partition coefficient (Wildman–Crippen LogP) is 4.15. The maximum Gasteiger partial charge on any atom is 0.258 e. The monoisotopic (exact) mass is 319 g/mol. The molecule has 0 atom stereocenters. The number of phenolic OH excluding ortho intramolecular Hbond substituents is 1. The van der Waals surface area contributed by atoms with Gasteiger partial charge in [-0.1, -0.05) is 53.3 Å². The van der Waals surface area contributed by atoms with E-state index in [1.165, 1.54) is 11.8 Å². The third kappa shape index (κ3) is 3.49. The van der Waals surface area contributed by atoms with Gasteiger partial charge in [-0.2, -0.15) is 0 Å². The molecular formula is C18H25NO2S. The molecule has 2 N–H and O–H groups in total. The first-order valence-electron chi connectivity index (χ1n) is 7.51.